The number of fused-ring (bicyclic) bond motifs is 7. The van der Waals surface area contributed by atoms with Crippen LogP contribution in [0, 0.1) is 0 Å². The van der Waals surface area contributed by atoms with Crippen LogP contribution in [0.1, 0.15) is 0 Å². The molecule has 0 heteroatoms. The van der Waals surface area contributed by atoms with Crippen LogP contribution in [0.4, 0.5) is 0 Å². The summed E-state index contributed by atoms with van der Waals surface area (Å²) in [6.45, 7) is 0. The molecule has 0 aliphatic rings. The lowest BCUT2D eigenvalue weighted by molar-refractivity contribution is 1.66. The van der Waals surface area contributed by atoms with Gasteiger partial charge in [-0.05, 0) is 123 Å². The van der Waals surface area contributed by atoms with Crippen molar-refractivity contribution in [2.24, 2.45) is 0 Å². The van der Waals surface area contributed by atoms with Crippen LogP contribution in [0.25, 0.3) is 86.9 Å². The van der Waals surface area contributed by atoms with Gasteiger partial charge in [-0.2, -0.15) is 0 Å². The van der Waals surface area contributed by atoms with Gasteiger partial charge in [-0.25, -0.2) is 0 Å². The molecule has 194 valence electrons. The van der Waals surface area contributed by atoms with Crippen LogP contribution in [0.2, 0.25) is 0 Å². The van der Waals surface area contributed by atoms with E-state index in [2.05, 4.69) is 158 Å². The summed E-state index contributed by atoms with van der Waals surface area (Å²) in [7, 11) is 0. The van der Waals surface area contributed by atoms with E-state index in [-0.39, 0.29) is 0 Å². The van der Waals surface area contributed by atoms with Gasteiger partial charge in [-0.1, -0.05) is 121 Å². The Hall–Kier alpha value is -5.46. The molecule has 0 radical (unpaired) electrons. The third-order valence-corrected chi connectivity index (χ3v) is 8.93. The van der Waals surface area contributed by atoms with Crippen molar-refractivity contribution < 1.29 is 0 Å². The SMILES string of the molecule is c1ccc(-c2c3cc4ccccc4cc3c(-c3ccccc3)c3cc4c(ccc5cc6ccccc6cc54)cc23)cc1. The standard InChI is InChI=1S/C42H26/c1-3-11-27(12-4-1)41-37-23-31-17-9-10-18-32(31)24-38(37)42(28-13-5-2-6-14-28)40-26-36-34(25-39(40)41)20-19-33-21-29-15-7-8-16-30(29)22-35(33)36/h1-26H. The molecule has 0 aliphatic heterocycles. The van der Waals surface area contributed by atoms with E-state index in [1.165, 1.54) is 86.9 Å². The first kappa shape index (κ1) is 23.3. The van der Waals surface area contributed by atoms with Crippen LogP contribution in [-0.2, 0) is 0 Å². The van der Waals surface area contributed by atoms with E-state index >= 15 is 0 Å². The molecule has 0 heterocycles. The van der Waals surface area contributed by atoms with E-state index in [0.29, 0.717) is 0 Å². The summed E-state index contributed by atoms with van der Waals surface area (Å²) in [5.74, 6) is 0. The monoisotopic (exact) mass is 530 g/mol. The van der Waals surface area contributed by atoms with Gasteiger partial charge in [0.25, 0.3) is 0 Å². The van der Waals surface area contributed by atoms with Gasteiger partial charge in [-0.15, -0.1) is 0 Å². The van der Waals surface area contributed by atoms with Gasteiger partial charge in [0.15, 0.2) is 0 Å². The first-order valence-electron chi connectivity index (χ1n) is 14.6. The Morgan fingerprint density at radius 3 is 1.05 bits per heavy atom. The van der Waals surface area contributed by atoms with E-state index in [1.807, 2.05) is 0 Å². The predicted octanol–water partition coefficient (Wildman–Crippen LogP) is 11.9. The van der Waals surface area contributed by atoms with Gasteiger partial charge >= 0.3 is 0 Å². The largest absolute Gasteiger partial charge is 0.0622 e. The fraction of sp³-hybridized carbons (Fsp3) is 0. The van der Waals surface area contributed by atoms with E-state index in [4.69, 9.17) is 0 Å². The lowest BCUT2D eigenvalue weighted by Gasteiger charge is -2.20. The Morgan fingerprint density at radius 1 is 0.214 bits per heavy atom. The molecule has 0 spiro atoms. The molecule has 0 nitrogen and oxygen atoms in total. The average molecular weight is 531 g/mol. The van der Waals surface area contributed by atoms with E-state index in [0.717, 1.165) is 0 Å². The third kappa shape index (κ3) is 3.49. The first-order chi connectivity index (χ1) is 20.8. The zero-order valence-corrected chi connectivity index (χ0v) is 23.0. The molecule has 42 heavy (non-hydrogen) atoms. The predicted molar refractivity (Wildman–Crippen MR) is 182 cm³/mol. The highest BCUT2D eigenvalue weighted by atomic mass is 14.2. The van der Waals surface area contributed by atoms with Crippen molar-refractivity contribution in [1.29, 1.82) is 0 Å². The molecule has 0 saturated carbocycles. The number of hydrogen-bond donors (Lipinski definition) is 0. The molecular weight excluding hydrogens is 504 g/mol. The molecular formula is C42H26. The molecule has 0 atom stereocenters. The van der Waals surface area contributed by atoms with Gasteiger partial charge in [0.05, 0.1) is 0 Å². The van der Waals surface area contributed by atoms with Crippen LogP contribution < -0.4 is 0 Å². The Bertz CT molecular complexity index is 2490. The van der Waals surface area contributed by atoms with Crippen LogP contribution in [0.3, 0.4) is 0 Å². The molecule has 0 saturated heterocycles. The molecule has 9 aromatic carbocycles. The van der Waals surface area contributed by atoms with E-state index in [1.54, 1.807) is 0 Å². The number of rotatable bonds is 2. The maximum Gasteiger partial charge on any atom is -0.00259 e. The summed E-state index contributed by atoms with van der Waals surface area (Å²) in [4.78, 5) is 0. The van der Waals surface area contributed by atoms with Crippen molar-refractivity contribution in [2.75, 3.05) is 0 Å². The molecule has 0 N–H and O–H groups in total. The van der Waals surface area contributed by atoms with Gasteiger partial charge in [-0.3, -0.25) is 0 Å². The van der Waals surface area contributed by atoms with Crippen molar-refractivity contribution in [1.82, 2.24) is 0 Å². The minimum atomic E-state index is 1.24. The lowest BCUT2D eigenvalue weighted by atomic mass is 9.83. The molecule has 0 bridgehead atoms. The summed E-state index contributed by atoms with van der Waals surface area (Å²) < 4.78 is 0. The van der Waals surface area contributed by atoms with Crippen LogP contribution in [0.5, 0.6) is 0 Å². The third-order valence-electron chi connectivity index (χ3n) is 8.93. The smallest absolute Gasteiger partial charge is 0.00259 e. The van der Waals surface area contributed by atoms with Crippen molar-refractivity contribution in [3.8, 4) is 22.3 Å². The second-order valence-electron chi connectivity index (χ2n) is 11.3. The molecule has 0 aromatic heterocycles. The molecule has 9 aromatic rings. The number of benzene rings is 9. The molecule has 9 rings (SSSR count). The maximum absolute atomic E-state index is 2.46. The fourth-order valence-electron chi connectivity index (χ4n) is 6.99. The van der Waals surface area contributed by atoms with Crippen LogP contribution in [-0.4, -0.2) is 0 Å². The highest BCUT2D eigenvalue weighted by Crippen LogP contribution is 2.46. The average Bonchev–Trinajstić information content (AvgIpc) is 3.05. The summed E-state index contributed by atoms with van der Waals surface area (Å²) in [5.41, 5.74) is 5.08. The van der Waals surface area contributed by atoms with Crippen LogP contribution >= 0.6 is 0 Å². The summed E-state index contributed by atoms with van der Waals surface area (Å²) >= 11 is 0. The Labute approximate surface area is 244 Å². The van der Waals surface area contributed by atoms with Crippen molar-refractivity contribution in [2.45, 2.75) is 0 Å². The zero-order valence-electron chi connectivity index (χ0n) is 23.0. The Morgan fingerprint density at radius 2 is 0.548 bits per heavy atom. The fourth-order valence-corrected chi connectivity index (χ4v) is 6.99. The molecule has 0 fully saturated rings. The highest BCUT2D eigenvalue weighted by molar-refractivity contribution is 6.27. The van der Waals surface area contributed by atoms with Gasteiger partial charge in [0, 0.05) is 0 Å². The van der Waals surface area contributed by atoms with E-state index in [9.17, 15) is 0 Å². The Balaban J connectivity index is 1.54. The van der Waals surface area contributed by atoms with Gasteiger partial charge < -0.3 is 0 Å². The quantitative estimate of drug-likeness (QED) is 0.154. The molecule has 0 aliphatic carbocycles. The second kappa shape index (κ2) is 9.03. The van der Waals surface area contributed by atoms with E-state index < -0.39 is 0 Å². The van der Waals surface area contributed by atoms with Crippen molar-refractivity contribution >= 4 is 64.6 Å². The summed E-state index contributed by atoms with van der Waals surface area (Å²) in [5, 5.41) is 15.4. The Kier molecular flexibility index (Phi) is 5.00. The van der Waals surface area contributed by atoms with Gasteiger partial charge in [0.2, 0.25) is 0 Å². The summed E-state index contributed by atoms with van der Waals surface area (Å²) in [6, 6.07) is 58.2. The minimum absolute atomic E-state index is 1.24. The minimum Gasteiger partial charge on any atom is -0.0622 e. The van der Waals surface area contributed by atoms with Gasteiger partial charge in [0.1, 0.15) is 0 Å². The van der Waals surface area contributed by atoms with Crippen molar-refractivity contribution in [3.63, 3.8) is 0 Å². The lowest BCUT2D eigenvalue weighted by Crippen LogP contribution is -1.92. The maximum atomic E-state index is 2.46. The second-order valence-corrected chi connectivity index (χ2v) is 11.3. The summed E-state index contributed by atoms with van der Waals surface area (Å²) in [6.07, 6.45) is 0. The van der Waals surface area contributed by atoms with Crippen molar-refractivity contribution in [3.05, 3.63) is 158 Å². The topological polar surface area (TPSA) is 0 Å². The highest BCUT2D eigenvalue weighted by Gasteiger charge is 2.19. The molecule has 0 unspecified atom stereocenters. The normalized spacial score (nSPS) is 11.8. The molecule has 0 amide bonds. The number of hydrogen-bond acceptors (Lipinski definition) is 0. The van der Waals surface area contributed by atoms with Crippen LogP contribution in [0.15, 0.2) is 158 Å². The zero-order chi connectivity index (χ0) is 27.6. The first-order valence-corrected chi connectivity index (χ1v) is 14.6.